The van der Waals surface area contributed by atoms with E-state index in [9.17, 15) is 4.79 Å². The molecule has 2 heterocycles. The molecule has 3 rings (SSSR count). The second kappa shape index (κ2) is 4.42. The third-order valence-corrected chi connectivity index (χ3v) is 3.39. The van der Waals surface area contributed by atoms with Crippen molar-refractivity contribution in [2.24, 2.45) is 0 Å². The Labute approximate surface area is 110 Å². The van der Waals surface area contributed by atoms with Gasteiger partial charge in [-0.1, -0.05) is 29.8 Å². The maximum absolute atomic E-state index is 12.4. The molecule has 0 radical (unpaired) electrons. The van der Waals surface area contributed by atoms with Crippen LogP contribution in [0.15, 0.2) is 42.6 Å². The second-order valence-corrected chi connectivity index (χ2v) is 4.58. The topological polar surface area (TPSA) is 33.2 Å². The van der Waals surface area contributed by atoms with Crippen LogP contribution in [0.5, 0.6) is 0 Å². The van der Waals surface area contributed by atoms with E-state index < -0.39 is 0 Å². The van der Waals surface area contributed by atoms with E-state index in [1.165, 1.54) is 0 Å². The summed E-state index contributed by atoms with van der Waals surface area (Å²) in [5.41, 5.74) is 1.83. The van der Waals surface area contributed by atoms with Crippen molar-refractivity contribution in [2.45, 2.75) is 6.42 Å². The van der Waals surface area contributed by atoms with Gasteiger partial charge in [-0.3, -0.25) is 9.69 Å². The van der Waals surface area contributed by atoms with Crippen LogP contribution in [0.3, 0.4) is 0 Å². The first-order valence-corrected chi connectivity index (χ1v) is 6.15. The third kappa shape index (κ3) is 1.77. The van der Waals surface area contributed by atoms with Crippen LogP contribution in [0.4, 0.5) is 5.82 Å². The summed E-state index contributed by atoms with van der Waals surface area (Å²) in [6, 6.07) is 11.2. The van der Waals surface area contributed by atoms with E-state index in [-0.39, 0.29) is 5.91 Å². The van der Waals surface area contributed by atoms with Crippen LogP contribution in [0, 0.1) is 0 Å². The number of amides is 1. The smallest absolute Gasteiger partial charge is 0.259 e. The number of rotatable bonds is 1. The van der Waals surface area contributed by atoms with Gasteiger partial charge in [0.1, 0.15) is 0 Å². The van der Waals surface area contributed by atoms with Gasteiger partial charge >= 0.3 is 0 Å². The van der Waals surface area contributed by atoms with Crippen LogP contribution in [0.25, 0.3) is 0 Å². The number of anilines is 1. The summed E-state index contributed by atoms with van der Waals surface area (Å²) in [5, 5.41) is 0.505. The summed E-state index contributed by atoms with van der Waals surface area (Å²) >= 11 is 6.09. The number of aromatic nitrogens is 1. The lowest BCUT2D eigenvalue weighted by atomic mass is 9.99. The lowest BCUT2D eigenvalue weighted by Gasteiger charge is -2.28. The molecule has 0 bridgehead atoms. The van der Waals surface area contributed by atoms with E-state index in [2.05, 4.69) is 4.98 Å². The molecular formula is C14H11ClN2O. The Bertz CT molecular complexity index is 612. The molecule has 0 saturated heterocycles. The molecule has 0 unspecified atom stereocenters. The van der Waals surface area contributed by atoms with E-state index >= 15 is 0 Å². The minimum Gasteiger partial charge on any atom is -0.291 e. The van der Waals surface area contributed by atoms with Crippen LogP contribution in [-0.4, -0.2) is 17.4 Å². The van der Waals surface area contributed by atoms with Gasteiger partial charge in [0.25, 0.3) is 5.91 Å². The highest BCUT2D eigenvalue weighted by molar-refractivity contribution is 6.33. The molecule has 0 spiro atoms. The van der Waals surface area contributed by atoms with Gasteiger partial charge in [-0.25, -0.2) is 4.98 Å². The lowest BCUT2D eigenvalue weighted by molar-refractivity contribution is 0.0980. The van der Waals surface area contributed by atoms with Crippen molar-refractivity contribution in [1.29, 1.82) is 0 Å². The Kier molecular flexibility index (Phi) is 2.76. The van der Waals surface area contributed by atoms with Crippen LogP contribution in [0.1, 0.15) is 15.9 Å². The molecular weight excluding hydrogens is 248 g/mol. The quantitative estimate of drug-likeness (QED) is 0.788. The number of hydrogen-bond acceptors (Lipinski definition) is 2. The molecule has 90 valence electrons. The van der Waals surface area contributed by atoms with Gasteiger partial charge in [-0.15, -0.1) is 0 Å². The highest BCUT2D eigenvalue weighted by Gasteiger charge is 2.26. The summed E-state index contributed by atoms with van der Waals surface area (Å²) in [5.74, 6) is 0.510. The average molecular weight is 259 g/mol. The maximum atomic E-state index is 12.4. The predicted octanol–water partition coefficient (Wildman–Crippen LogP) is 2.94. The van der Waals surface area contributed by atoms with Crippen molar-refractivity contribution in [2.75, 3.05) is 11.4 Å². The molecule has 1 aromatic carbocycles. The van der Waals surface area contributed by atoms with Crippen LogP contribution in [-0.2, 0) is 6.42 Å². The van der Waals surface area contributed by atoms with E-state index in [0.717, 1.165) is 17.5 Å². The Morgan fingerprint density at radius 2 is 2.00 bits per heavy atom. The zero-order chi connectivity index (χ0) is 12.5. The van der Waals surface area contributed by atoms with Crippen molar-refractivity contribution >= 4 is 23.3 Å². The van der Waals surface area contributed by atoms with E-state index in [1.807, 2.05) is 24.3 Å². The normalized spacial score (nSPS) is 14.5. The fourth-order valence-corrected chi connectivity index (χ4v) is 2.43. The van der Waals surface area contributed by atoms with Gasteiger partial charge in [0.15, 0.2) is 5.82 Å². The van der Waals surface area contributed by atoms with Crippen molar-refractivity contribution in [1.82, 2.24) is 4.98 Å². The first kappa shape index (κ1) is 11.2. The van der Waals surface area contributed by atoms with Gasteiger partial charge < -0.3 is 0 Å². The molecule has 2 aromatic rings. The molecule has 0 saturated carbocycles. The minimum atomic E-state index is -0.0301. The monoisotopic (exact) mass is 258 g/mol. The van der Waals surface area contributed by atoms with Crippen LogP contribution < -0.4 is 4.90 Å². The largest absolute Gasteiger partial charge is 0.291 e. The highest BCUT2D eigenvalue weighted by atomic mass is 35.5. The SMILES string of the molecule is O=C1c2ccccc2CCN1c1ncccc1Cl. The van der Waals surface area contributed by atoms with E-state index in [1.54, 1.807) is 23.2 Å². The summed E-state index contributed by atoms with van der Waals surface area (Å²) in [4.78, 5) is 18.2. The Hall–Kier alpha value is -1.87. The molecule has 18 heavy (non-hydrogen) atoms. The predicted molar refractivity (Wildman–Crippen MR) is 71.1 cm³/mol. The highest BCUT2D eigenvalue weighted by Crippen LogP contribution is 2.27. The number of carbonyl (C=O) groups is 1. The van der Waals surface area contributed by atoms with Crippen LogP contribution >= 0.6 is 11.6 Å². The molecule has 0 N–H and O–H groups in total. The lowest BCUT2D eigenvalue weighted by Crippen LogP contribution is -2.38. The summed E-state index contributed by atoms with van der Waals surface area (Å²) < 4.78 is 0. The number of halogens is 1. The summed E-state index contributed by atoms with van der Waals surface area (Å²) in [6.07, 6.45) is 2.48. The first-order chi connectivity index (χ1) is 8.77. The van der Waals surface area contributed by atoms with Gasteiger partial charge in [0.05, 0.1) is 5.02 Å². The zero-order valence-electron chi connectivity index (χ0n) is 9.64. The molecule has 1 aromatic heterocycles. The number of hydrogen-bond donors (Lipinski definition) is 0. The van der Waals surface area contributed by atoms with Gasteiger partial charge in [0, 0.05) is 18.3 Å². The second-order valence-electron chi connectivity index (χ2n) is 4.17. The van der Waals surface area contributed by atoms with Crippen LogP contribution in [0.2, 0.25) is 5.02 Å². The number of fused-ring (bicyclic) bond motifs is 1. The fourth-order valence-electron chi connectivity index (χ4n) is 2.20. The molecule has 0 fully saturated rings. The zero-order valence-corrected chi connectivity index (χ0v) is 10.4. The first-order valence-electron chi connectivity index (χ1n) is 5.77. The molecule has 1 amide bonds. The number of carbonyl (C=O) groups excluding carboxylic acids is 1. The maximum Gasteiger partial charge on any atom is 0.259 e. The number of pyridine rings is 1. The molecule has 0 aliphatic carbocycles. The molecule has 1 aliphatic heterocycles. The van der Waals surface area contributed by atoms with Crippen molar-refractivity contribution in [3.05, 3.63) is 58.7 Å². The van der Waals surface area contributed by atoms with Gasteiger partial charge in [-0.05, 0) is 30.2 Å². The minimum absolute atomic E-state index is 0.0301. The van der Waals surface area contributed by atoms with Gasteiger partial charge in [0.2, 0.25) is 0 Å². The Balaban J connectivity index is 2.03. The van der Waals surface area contributed by atoms with E-state index in [0.29, 0.717) is 17.4 Å². The Morgan fingerprint density at radius 1 is 1.17 bits per heavy atom. The third-order valence-electron chi connectivity index (χ3n) is 3.09. The molecule has 1 aliphatic rings. The standard InChI is InChI=1S/C14H11ClN2O/c15-12-6-3-8-16-13(12)17-9-7-10-4-1-2-5-11(10)14(17)18/h1-6,8H,7,9H2. The molecule has 3 nitrogen and oxygen atoms in total. The molecule has 4 heteroatoms. The summed E-state index contributed by atoms with van der Waals surface area (Å²) in [7, 11) is 0. The molecule has 0 atom stereocenters. The van der Waals surface area contributed by atoms with Crippen molar-refractivity contribution in [3.63, 3.8) is 0 Å². The number of benzene rings is 1. The van der Waals surface area contributed by atoms with Crippen molar-refractivity contribution < 1.29 is 4.79 Å². The van der Waals surface area contributed by atoms with Gasteiger partial charge in [-0.2, -0.15) is 0 Å². The Morgan fingerprint density at radius 3 is 2.83 bits per heavy atom. The number of nitrogens with zero attached hydrogens (tertiary/aromatic N) is 2. The fraction of sp³-hybridized carbons (Fsp3) is 0.143. The van der Waals surface area contributed by atoms with Crippen molar-refractivity contribution in [3.8, 4) is 0 Å². The summed E-state index contributed by atoms with van der Waals surface area (Å²) in [6.45, 7) is 0.618. The average Bonchev–Trinajstić information content (AvgIpc) is 2.41. The van der Waals surface area contributed by atoms with E-state index in [4.69, 9.17) is 11.6 Å².